The van der Waals surface area contributed by atoms with Crippen molar-refractivity contribution in [1.82, 2.24) is 29.8 Å². The second-order valence-corrected chi connectivity index (χ2v) is 8.44. The Morgan fingerprint density at radius 3 is 2.59 bits per heavy atom. The Hall–Kier alpha value is -2.64. The number of tetrazole rings is 1. The SMILES string of the molecule is Clc1ccc(-c2cnc(SCc3nnnn3C3CC3)n2Cc2ccccc2)cc1. The second kappa shape index (κ2) is 8.00. The second-order valence-electron chi connectivity index (χ2n) is 7.06. The van der Waals surface area contributed by atoms with Gasteiger partial charge in [0.25, 0.3) is 0 Å². The van der Waals surface area contributed by atoms with Crippen LogP contribution >= 0.6 is 23.4 Å². The maximum Gasteiger partial charge on any atom is 0.169 e. The van der Waals surface area contributed by atoms with Crippen LogP contribution in [0.25, 0.3) is 11.3 Å². The molecule has 0 saturated heterocycles. The van der Waals surface area contributed by atoms with Crippen LogP contribution in [0.1, 0.15) is 30.3 Å². The summed E-state index contributed by atoms with van der Waals surface area (Å²) in [5, 5.41) is 13.9. The van der Waals surface area contributed by atoms with E-state index in [0.717, 1.165) is 46.6 Å². The lowest BCUT2D eigenvalue weighted by Gasteiger charge is -2.12. The predicted octanol–water partition coefficient (Wildman–Crippen LogP) is 4.87. The predicted molar refractivity (Wildman–Crippen MR) is 114 cm³/mol. The lowest BCUT2D eigenvalue weighted by atomic mass is 10.1. The minimum absolute atomic E-state index is 0.467. The molecule has 5 rings (SSSR count). The Labute approximate surface area is 177 Å². The average molecular weight is 423 g/mol. The van der Waals surface area contributed by atoms with Crippen LogP contribution < -0.4 is 0 Å². The van der Waals surface area contributed by atoms with Crippen LogP contribution in [0, 0.1) is 0 Å². The molecule has 146 valence electrons. The smallest absolute Gasteiger partial charge is 0.169 e. The van der Waals surface area contributed by atoms with Crippen molar-refractivity contribution in [3.8, 4) is 11.3 Å². The van der Waals surface area contributed by atoms with Crippen molar-refractivity contribution in [2.45, 2.75) is 36.3 Å². The first-order chi connectivity index (χ1) is 14.3. The van der Waals surface area contributed by atoms with Crippen LogP contribution in [0.3, 0.4) is 0 Å². The Morgan fingerprint density at radius 1 is 1.03 bits per heavy atom. The number of hydrogen-bond acceptors (Lipinski definition) is 5. The number of benzene rings is 2. The molecule has 0 atom stereocenters. The molecule has 1 fully saturated rings. The zero-order valence-corrected chi connectivity index (χ0v) is 17.2. The van der Waals surface area contributed by atoms with E-state index in [2.05, 4.69) is 44.4 Å². The van der Waals surface area contributed by atoms with Crippen molar-refractivity contribution in [1.29, 1.82) is 0 Å². The van der Waals surface area contributed by atoms with E-state index in [1.807, 2.05) is 41.2 Å². The van der Waals surface area contributed by atoms with Gasteiger partial charge in [-0.15, -0.1) is 5.10 Å². The van der Waals surface area contributed by atoms with Gasteiger partial charge in [-0.1, -0.05) is 65.8 Å². The highest BCUT2D eigenvalue weighted by atomic mass is 35.5. The van der Waals surface area contributed by atoms with Gasteiger partial charge in [-0.05, 0) is 46.5 Å². The monoisotopic (exact) mass is 422 g/mol. The van der Waals surface area contributed by atoms with Crippen molar-refractivity contribution in [2.75, 3.05) is 0 Å². The number of aromatic nitrogens is 6. The van der Waals surface area contributed by atoms with Gasteiger partial charge in [-0.2, -0.15) is 0 Å². The van der Waals surface area contributed by atoms with Crippen LogP contribution in [0.5, 0.6) is 0 Å². The van der Waals surface area contributed by atoms with Gasteiger partial charge in [0.1, 0.15) is 0 Å². The van der Waals surface area contributed by atoms with Gasteiger partial charge in [-0.25, -0.2) is 9.67 Å². The Balaban J connectivity index is 1.45. The van der Waals surface area contributed by atoms with Gasteiger partial charge in [0, 0.05) is 5.02 Å². The molecular weight excluding hydrogens is 404 g/mol. The molecule has 0 amide bonds. The average Bonchev–Trinajstić information content (AvgIpc) is 3.36. The van der Waals surface area contributed by atoms with Crippen LogP contribution in [0.4, 0.5) is 0 Å². The molecule has 0 bridgehead atoms. The van der Waals surface area contributed by atoms with E-state index in [9.17, 15) is 0 Å². The highest BCUT2D eigenvalue weighted by molar-refractivity contribution is 7.98. The normalized spacial score (nSPS) is 13.7. The summed E-state index contributed by atoms with van der Waals surface area (Å²) in [6.45, 7) is 0.745. The van der Waals surface area contributed by atoms with E-state index in [1.165, 1.54) is 5.56 Å². The largest absolute Gasteiger partial charge is 0.314 e. The summed E-state index contributed by atoms with van der Waals surface area (Å²) in [6.07, 6.45) is 4.25. The Bertz CT molecular complexity index is 1100. The van der Waals surface area contributed by atoms with Crippen LogP contribution in [0.15, 0.2) is 66.0 Å². The molecule has 0 spiro atoms. The number of nitrogens with zero attached hydrogens (tertiary/aromatic N) is 6. The first-order valence-corrected chi connectivity index (χ1v) is 10.9. The molecule has 1 saturated carbocycles. The van der Waals surface area contributed by atoms with E-state index >= 15 is 0 Å². The Kier molecular flexibility index (Phi) is 5.08. The van der Waals surface area contributed by atoms with E-state index in [4.69, 9.17) is 16.6 Å². The van der Waals surface area contributed by atoms with Crippen molar-refractivity contribution < 1.29 is 0 Å². The summed E-state index contributed by atoms with van der Waals surface area (Å²) in [5.74, 6) is 1.59. The van der Waals surface area contributed by atoms with Crippen molar-refractivity contribution in [3.05, 3.63) is 77.2 Å². The minimum atomic E-state index is 0.467. The molecule has 0 N–H and O–H groups in total. The van der Waals surface area contributed by atoms with E-state index in [-0.39, 0.29) is 0 Å². The molecule has 4 aromatic rings. The van der Waals surface area contributed by atoms with Crippen molar-refractivity contribution >= 4 is 23.4 Å². The van der Waals surface area contributed by atoms with Gasteiger partial charge in [-0.3, -0.25) is 0 Å². The molecular formula is C21H19ClN6S. The molecule has 0 radical (unpaired) electrons. The maximum atomic E-state index is 6.08. The number of rotatable bonds is 7. The molecule has 2 aromatic heterocycles. The number of hydrogen-bond donors (Lipinski definition) is 0. The Morgan fingerprint density at radius 2 is 1.83 bits per heavy atom. The summed E-state index contributed by atoms with van der Waals surface area (Å²) in [6, 6.07) is 18.8. The number of thioether (sulfide) groups is 1. The topological polar surface area (TPSA) is 61.4 Å². The third-order valence-electron chi connectivity index (χ3n) is 4.93. The van der Waals surface area contributed by atoms with E-state index in [0.29, 0.717) is 11.8 Å². The van der Waals surface area contributed by atoms with E-state index in [1.54, 1.807) is 11.8 Å². The summed E-state index contributed by atoms with van der Waals surface area (Å²) < 4.78 is 4.20. The molecule has 1 aliphatic carbocycles. The fourth-order valence-electron chi connectivity index (χ4n) is 3.28. The molecule has 29 heavy (non-hydrogen) atoms. The number of imidazole rings is 1. The number of halogens is 1. The molecule has 6 nitrogen and oxygen atoms in total. The van der Waals surface area contributed by atoms with Gasteiger partial charge in [0.15, 0.2) is 11.0 Å². The zero-order valence-electron chi connectivity index (χ0n) is 15.6. The fraction of sp³-hybridized carbons (Fsp3) is 0.238. The van der Waals surface area contributed by atoms with E-state index < -0.39 is 0 Å². The lowest BCUT2D eigenvalue weighted by molar-refractivity contribution is 0.593. The maximum absolute atomic E-state index is 6.08. The summed E-state index contributed by atoms with van der Waals surface area (Å²) in [4.78, 5) is 4.72. The van der Waals surface area contributed by atoms with Gasteiger partial charge in [0.05, 0.1) is 30.2 Å². The molecule has 2 heterocycles. The summed E-state index contributed by atoms with van der Waals surface area (Å²) in [5.41, 5.74) is 3.38. The lowest BCUT2D eigenvalue weighted by Crippen LogP contribution is -2.05. The molecule has 2 aromatic carbocycles. The quantitative estimate of drug-likeness (QED) is 0.398. The van der Waals surface area contributed by atoms with Crippen LogP contribution in [0.2, 0.25) is 5.02 Å². The first-order valence-electron chi connectivity index (χ1n) is 9.53. The fourth-order valence-corrected chi connectivity index (χ4v) is 4.30. The highest BCUT2D eigenvalue weighted by Crippen LogP contribution is 2.36. The third kappa shape index (κ3) is 4.06. The molecule has 8 heteroatoms. The molecule has 0 aliphatic heterocycles. The highest BCUT2D eigenvalue weighted by Gasteiger charge is 2.27. The van der Waals surface area contributed by atoms with Gasteiger partial charge >= 0.3 is 0 Å². The third-order valence-corrected chi connectivity index (χ3v) is 6.17. The van der Waals surface area contributed by atoms with Crippen LogP contribution in [-0.2, 0) is 12.3 Å². The summed E-state index contributed by atoms with van der Waals surface area (Å²) >= 11 is 7.74. The van der Waals surface area contributed by atoms with Gasteiger partial charge < -0.3 is 4.57 Å². The first kappa shape index (κ1) is 18.4. The molecule has 1 aliphatic rings. The standard InChI is InChI=1S/C21H19ClN6S/c22-17-8-6-16(7-9-17)19-12-23-21(27(19)13-15-4-2-1-3-5-15)29-14-20-24-25-26-28(20)18-10-11-18/h1-9,12,18H,10-11,13-14H2. The van der Waals surface area contributed by atoms with Gasteiger partial charge in [0.2, 0.25) is 0 Å². The summed E-state index contributed by atoms with van der Waals surface area (Å²) in [7, 11) is 0. The van der Waals surface area contributed by atoms with Crippen LogP contribution in [-0.4, -0.2) is 29.8 Å². The van der Waals surface area contributed by atoms with Crippen molar-refractivity contribution in [2.24, 2.45) is 0 Å². The molecule has 0 unspecified atom stereocenters. The zero-order chi connectivity index (χ0) is 19.6. The van der Waals surface area contributed by atoms with Crippen molar-refractivity contribution in [3.63, 3.8) is 0 Å². The minimum Gasteiger partial charge on any atom is -0.314 e.